The Morgan fingerprint density at radius 1 is 1.08 bits per heavy atom. The number of nitriles is 1. The number of hydrogen-bond donors (Lipinski definition) is 1. The number of ether oxygens (including phenoxy) is 2. The van der Waals surface area contributed by atoms with Crippen LogP contribution < -0.4 is 10.1 Å². The summed E-state index contributed by atoms with van der Waals surface area (Å²) in [6.45, 7) is 0. The molecule has 126 valence electrons. The van der Waals surface area contributed by atoms with Gasteiger partial charge in [-0.25, -0.2) is 4.79 Å². The zero-order valence-electron chi connectivity index (χ0n) is 13.8. The van der Waals surface area contributed by atoms with Crippen LogP contribution in [0.25, 0.3) is 6.08 Å². The molecule has 0 saturated carbocycles. The molecule has 0 saturated heterocycles. The normalized spacial score (nSPS) is 10.5. The van der Waals surface area contributed by atoms with Crippen LogP contribution in [0.5, 0.6) is 5.75 Å². The van der Waals surface area contributed by atoms with Gasteiger partial charge >= 0.3 is 5.97 Å². The summed E-state index contributed by atoms with van der Waals surface area (Å²) in [6, 6.07) is 15.3. The molecule has 0 aliphatic carbocycles. The molecule has 0 radical (unpaired) electrons. The van der Waals surface area contributed by atoms with Gasteiger partial charge in [0.1, 0.15) is 17.4 Å². The molecule has 1 amide bonds. The highest BCUT2D eigenvalue weighted by Gasteiger charge is 2.15. The molecular weight excluding hydrogens is 320 g/mol. The first-order valence-electron chi connectivity index (χ1n) is 7.34. The highest BCUT2D eigenvalue weighted by molar-refractivity contribution is 6.11. The molecule has 0 bridgehead atoms. The molecule has 0 atom stereocenters. The van der Waals surface area contributed by atoms with Crippen LogP contribution in [0, 0.1) is 11.3 Å². The topological polar surface area (TPSA) is 88.4 Å². The minimum absolute atomic E-state index is 0.151. The van der Waals surface area contributed by atoms with Crippen LogP contribution >= 0.6 is 0 Å². The van der Waals surface area contributed by atoms with Gasteiger partial charge in [0.2, 0.25) is 0 Å². The van der Waals surface area contributed by atoms with E-state index >= 15 is 0 Å². The minimum Gasteiger partial charge on any atom is -0.495 e. The van der Waals surface area contributed by atoms with E-state index in [1.807, 2.05) is 6.07 Å². The van der Waals surface area contributed by atoms with Crippen LogP contribution in [-0.4, -0.2) is 26.1 Å². The van der Waals surface area contributed by atoms with Crippen molar-refractivity contribution in [2.75, 3.05) is 19.5 Å². The van der Waals surface area contributed by atoms with Crippen LogP contribution in [0.15, 0.2) is 54.1 Å². The van der Waals surface area contributed by atoms with Crippen LogP contribution in [0.4, 0.5) is 5.69 Å². The van der Waals surface area contributed by atoms with Gasteiger partial charge < -0.3 is 14.8 Å². The van der Waals surface area contributed by atoms with Crippen molar-refractivity contribution in [3.8, 4) is 11.8 Å². The van der Waals surface area contributed by atoms with Crippen molar-refractivity contribution in [2.24, 2.45) is 0 Å². The lowest BCUT2D eigenvalue weighted by Crippen LogP contribution is -2.14. The van der Waals surface area contributed by atoms with Gasteiger partial charge in [-0.05, 0) is 29.8 Å². The van der Waals surface area contributed by atoms with E-state index in [9.17, 15) is 14.9 Å². The molecule has 0 aliphatic heterocycles. The van der Waals surface area contributed by atoms with Crippen molar-refractivity contribution in [1.82, 2.24) is 0 Å². The average Bonchev–Trinajstić information content (AvgIpc) is 2.66. The molecule has 0 fully saturated rings. The monoisotopic (exact) mass is 336 g/mol. The first-order valence-corrected chi connectivity index (χ1v) is 7.34. The smallest absolute Gasteiger partial charge is 0.338 e. The van der Waals surface area contributed by atoms with E-state index in [4.69, 9.17) is 9.47 Å². The number of benzene rings is 2. The molecule has 0 unspecified atom stereocenters. The summed E-state index contributed by atoms with van der Waals surface area (Å²) in [5.74, 6) is -0.677. The lowest BCUT2D eigenvalue weighted by Gasteiger charge is -2.09. The van der Waals surface area contributed by atoms with E-state index in [0.717, 1.165) is 0 Å². The molecule has 0 heterocycles. The van der Waals surface area contributed by atoms with Gasteiger partial charge in [0.15, 0.2) is 0 Å². The Morgan fingerprint density at radius 3 is 2.44 bits per heavy atom. The van der Waals surface area contributed by atoms with Gasteiger partial charge in [-0.1, -0.05) is 30.3 Å². The Hall–Kier alpha value is -3.59. The lowest BCUT2D eigenvalue weighted by molar-refractivity contribution is -0.112. The Kier molecular flexibility index (Phi) is 5.91. The quantitative estimate of drug-likeness (QED) is 0.515. The number of carbonyl (C=O) groups excluding carboxylic acids is 2. The number of carbonyl (C=O) groups is 2. The fraction of sp³-hybridized carbons (Fsp3) is 0.105. The third-order valence-electron chi connectivity index (χ3n) is 3.39. The van der Waals surface area contributed by atoms with E-state index in [0.29, 0.717) is 17.0 Å². The number of rotatable bonds is 5. The summed E-state index contributed by atoms with van der Waals surface area (Å²) >= 11 is 0. The molecule has 25 heavy (non-hydrogen) atoms. The highest BCUT2D eigenvalue weighted by atomic mass is 16.5. The van der Waals surface area contributed by atoms with E-state index in [1.54, 1.807) is 48.5 Å². The van der Waals surface area contributed by atoms with E-state index in [1.165, 1.54) is 20.3 Å². The second kappa shape index (κ2) is 8.31. The number of methoxy groups -OCH3 is 2. The first-order chi connectivity index (χ1) is 12.1. The zero-order chi connectivity index (χ0) is 18.2. The Labute approximate surface area is 145 Å². The third-order valence-corrected chi connectivity index (χ3v) is 3.39. The van der Waals surface area contributed by atoms with Crippen molar-refractivity contribution in [3.63, 3.8) is 0 Å². The Bertz CT molecular complexity index is 866. The first kappa shape index (κ1) is 17.8. The number of para-hydroxylation sites is 2. The number of nitrogens with zero attached hydrogens (tertiary/aromatic N) is 1. The van der Waals surface area contributed by atoms with Gasteiger partial charge in [0.25, 0.3) is 5.91 Å². The number of hydrogen-bond acceptors (Lipinski definition) is 5. The largest absolute Gasteiger partial charge is 0.495 e. The SMILES string of the molecule is COC(=O)c1ccccc1/C=C(\C#N)C(=O)Nc1ccccc1OC. The van der Waals surface area contributed by atoms with Gasteiger partial charge in [-0.2, -0.15) is 5.26 Å². The van der Waals surface area contributed by atoms with Crippen LogP contribution in [0.1, 0.15) is 15.9 Å². The fourth-order valence-corrected chi connectivity index (χ4v) is 2.16. The lowest BCUT2D eigenvalue weighted by atomic mass is 10.0. The zero-order valence-corrected chi connectivity index (χ0v) is 13.8. The minimum atomic E-state index is -0.605. The van der Waals surface area contributed by atoms with E-state index in [2.05, 4.69) is 5.32 Å². The Balaban J connectivity index is 2.34. The molecule has 0 spiro atoms. The average molecular weight is 336 g/mol. The molecule has 2 aromatic carbocycles. The number of amides is 1. The standard InChI is InChI=1S/C19H16N2O4/c1-24-17-10-6-5-9-16(17)21-18(22)14(12-20)11-13-7-3-4-8-15(13)19(23)25-2/h3-11H,1-2H3,(H,21,22)/b14-11+. The van der Waals surface area contributed by atoms with E-state index < -0.39 is 11.9 Å². The molecule has 0 aliphatic rings. The summed E-state index contributed by atoms with van der Waals surface area (Å²) in [6.07, 6.45) is 1.34. The highest BCUT2D eigenvalue weighted by Crippen LogP contribution is 2.24. The fourth-order valence-electron chi connectivity index (χ4n) is 2.16. The number of nitrogens with one attached hydrogen (secondary N) is 1. The van der Waals surface area contributed by atoms with Gasteiger partial charge in [-0.3, -0.25) is 4.79 Å². The van der Waals surface area contributed by atoms with Crippen molar-refractivity contribution < 1.29 is 19.1 Å². The molecular formula is C19H16N2O4. The summed E-state index contributed by atoms with van der Waals surface area (Å²) in [4.78, 5) is 24.2. The van der Waals surface area contributed by atoms with Gasteiger partial charge in [0.05, 0.1) is 25.5 Å². The predicted molar refractivity (Wildman–Crippen MR) is 93.0 cm³/mol. The summed E-state index contributed by atoms with van der Waals surface area (Å²) in [7, 11) is 2.75. The molecule has 2 aromatic rings. The van der Waals surface area contributed by atoms with Gasteiger partial charge in [0, 0.05) is 0 Å². The second-order valence-electron chi connectivity index (χ2n) is 4.90. The van der Waals surface area contributed by atoms with Crippen molar-refractivity contribution in [1.29, 1.82) is 5.26 Å². The number of esters is 1. The summed E-state index contributed by atoms with van der Waals surface area (Å²) in [5.41, 5.74) is 0.976. The second-order valence-corrected chi connectivity index (χ2v) is 4.90. The van der Waals surface area contributed by atoms with Crippen molar-refractivity contribution in [3.05, 3.63) is 65.2 Å². The Morgan fingerprint density at radius 2 is 1.76 bits per heavy atom. The molecule has 6 nitrogen and oxygen atoms in total. The maximum Gasteiger partial charge on any atom is 0.338 e. The number of anilines is 1. The van der Waals surface area contributed by atoms with Crippen molar-refractivity contribution in [2.45, 2.75) is 0 Å². The van der Waals surface area contributed by atoms with Crippen LogP contribution in [0.3, 0.4) is 0 Å². The molecule has 0 aromatic heterocycles. The maximum absolute atomic E-state index is 12.4. The molecule has 1 N–H and O–H groups in total. The van der Waals surface area contributed by atoms with Crippen LogP contribution in [0.2, 0.25) is 0 Å². The van der Waals surface area contributed by atoms with Gasteiger partial charge in [-0.15, -0.1) is 0 Å². The maximum atomic E-state index is 12.4. The summed E-state index contributed by atoms with van der Waals surface area (Å²) in [5, 5.41) is 11.9. The summed E-state index contributed by atoms with van der Waals surface area (Å²) < 4.78 is 9.88. The third kappa shape index (κ3) is 4.24. The molecule has 6 heteroatoms. The van der Waals surface area contributed by atoms with Crippen LogP contribution in [-0.2, 0) is 9.53 Å². The molecule has 2 rings (SSSR count). The predicted octanol–water partition coefficient (Wildman–Crippen LogP) is 3.03. The van der Waals surface area contributed by atoms with E-state index in [-0.39, 0.29) is 11.1 Å². The van der Waals surface area contributed by atoms with Crippen molar-refractivity contribution >= 4 is 23.6 Å².